The van der Waals surface area contributed by atoms with Crippen LogP contribution in [0.3, 0.4) is 0 Å². The summed E-state index contributed by atoms with van der Waals surface area (Å²) in [5.41, 5.74) is 0.492. The van der Waals surface area contributed by atoms with Crippen LogP contribution in [-0.4, -0.2) is 6.54 Å². The Morgan fingerprint density at radius 3 is 2.29 bits per heavy atom. The van der Waals surface area contributed by atoms with E-state index in [-0.39, 0.29) is 5.56 Å². The minimum atomic E-state index is -1.52. The number of hydrogen-bond acceptors (Lipinski definition) is 1. The second kappa shape index (κ2) is 6.58. The molecule has 0 saturated heterocycles. The molecule has 1 nitrogen and oxygen atoms in total. The van der Waals surface area contributed by atoms with E-state index in [0.29, 0.717) is 16.6 Å². The van der Waals surface area contributed by atoms with Crippen molar-refractivity contribution in [1.82, 2.24) is 5.32 Å². The highest BCUT2D eigenvalue weighted by Crippen LogP contribution is 2.31. The van der Waals surface area contributed by atoms with Gasteiger partial charge in [0.15, 0.2) is 17.5 Å². The molecule has 0 fully saturated rings. The summed E-state index contributed by atoms with van der Waals surface area (Å²) >= 11 is 3.20. The number of halogens is 5. The maximum Gasteiger partial charge on any atom is 0.194 e. The van der Waals surface area contributed by atoms with Crippen molar-refractivity contribution in [2.24, 2.45) is 0 Å². The lowest BCUT2D eigenvalue weighted by Crippen LogP contribution is -2.24. The second-order valence-electron chi connectivity index (χ2n) is 4.42. The van der Waals surface area contributed by atoms with Crippen LogP contribution in [0, 0.1) is 23.3 Å². The van der Waals surface area contributed by atoms with Gasteiger partial charge in [0, 0.05) is 10.0 Å². The fourth-order valence-corrected chi connectivity index (χ4v) is 2.67. The van der Waals surface area contributed by atoms with Crippen molar-refractivity contribution in [3.8, 4) is 0 Å². The van der Waals surface area contributed by atoms with Crippen LogP contribution < -0.4 is 5.32 Å². The minimum absolute atomic E-state index is 0.0388. The fraction of sp³-hybridized carbons (Fsp3) is 0.200. The lowest BCUT2D eigenvalue weighted by Gasteiger charge is -2.21. The predicted octanol–water partition coefficient (Wildman–Crippen LogP) is 4.70. The minimum Gasteiger partial charge on any atom is -0.306 e. The molecule has 2 aromatic rings. The third kappa shape index (κ3) is 3.27. The zero-order valence-corrected chi connectivity index (χ0v) is 12.6. The van der Waals surface area contributed by atoms with Crippen LogP contribution in [0.5, 0.6) is 0 Å². The van der Waals surface area contributed by atoms with Gasteiger partial charge in [-0.15, -0.1) is 0 Å². The first-order valence-corrected chi connectivity index (χ1v) is 7.06. The Labute approximate surface area is 128 Å². The molecule has 0 heterocycles. The van der Waals surface area contributed by atoms with Gasteiger partial charge in [-0.2, -0.15) is 0 Å². The molecule has 1 N–H and O–H groups in total. The van der Waals surface area contributed by atoms with Crippen molar-refractivity contribution >= 4 is 15.9 Å². The van der Waals surface area contributed by atoms with Crippen molar-refractivity contribution in [3.63, 3.8) is 0 Å². The third-order valence-corrected chi connectivity index (χ3v) is 3.74. The smallest absolute Gasteiger partial charge is 0.194 e. The molecule has 0 spiro atoms. The average molecular weight is 362 g/mol. The van der Waals surface area contributed by atoms with Gasteiger partial charge in [-0.25, -0.2) is 17.6 Å². The number of hydrogen-bond donors (Lipinski definition) is 1. The number of benzene rings is 2. The lowest BCUT2D eigenvalue weighted by molar-refractivity contribution is 0.433. The lowest BCUT2D eigenvalue weighted by atomic mass is 9.97. The van der Waals surface area contributed by atoms with E-state index < -0.39 is 29.3 Å². The standard InChI is InChI=1S/C15H12BrF4N/c1-2-21-15(9-4-3-8(17)7-11(9)16)10-5-6-12(18)14(20)13(10)19/h3-7,15,21H,2H2,1H3. The fourth-order valence-electron chi connectivity index (χ4n) is 2.09. The zero-order chi connectivity index (χ0) is 15.6. The first-order valence-electron chi connectivity index (χ1n) is 6.27. The van der Waals surface area contributed by atoms with Crippen LogP contribution >= 0.6 is 15.9 Å². The van der Waals surface area contributed by atoms with Crippen LogP contribution in [-0.2, 0) is 0 Å². The molecule has 0 aliphatic heterocycles. The molecule has 2 aromatic carbocycles. The van der Waals surface area contributed by atoms with Gasteiger partial charge in [0.05, 0.1) is 6.04 Å². The highest BCUT2D eigenvalue weighted by Gasteiger charge is 2.23. The Morgan fingerprint density at radius 1 is 1.00 bits per heavy atom. The van der Waals surface area contributed by atoms with E-state index in [2.05, 4.69) is 21.2 Å². The predicted molar refractivity (Wildman–Crippen MR) is 75.9 cm³/mol. The van der Waals surface area contributed by atoms with E-state index in [4.69, 9.17) is 0 Å². The summed E-state index contributed by atoms with van der Waals surface area (Å²) in [7, 11) is 0. The maximum atomic E-state index is 14.0. The molecule has 2 rings (SSSR count). The van der Waals surface area contributed by atoms with Gasteiger partial charge in [0.1, 0.15) is 5.82 Å². The molecular formula is C15H12BrF4N. The van der Waals surface area contributed by atoms with Crippen molar-refractivity contribution in [1.29, 1.82) is 0 Å². The Bertz CT molecular complexity index is 660. The number of rotatable bonds is 4. The molecule has 0 aromatic heterocycles. The summed E-state index contributed by atoms with van der Waals surface area (Å²) in [5.74, 6) is -4.47. The van der Waals surface area contributed by atoms with E-state index in [9.17, 15) is 17.6 Å². The quantitative estimate of drug-likeness (QED) is 0.614. The van der Waals surface area contributed by atoms with E-state index in [0.717, 1.165) is 6.07 Å². The molecule has 1 atom stereocenters. The SMILES string of the molecule is CCNC(c1ccc(F)cc1Br)c1ccc(F)c(F)c1F. The molecule has 21 heavy (non-hydrogen) atoms. The van der Waals surface area contributed by atoms with Crippen LogP contribution in [0.15, 0.2) is 34.8 Å². The van der Waals surface area contributed by atoms with Crippen molar-refractivity contribution in [3.05, 3.63) is 69.2 Å². The summed E-state index contributed by atoms with van der Waals surface area (Å²) in [6.45, 7) is 2.26. The van der Waals surface area contributed by atoms with Crippen LogP contribution in [0.1, 0.15) is 24.1 Å². The van der Waals surface area contributed by atoms with Crippen molar-refractivity contribution in [2.75, 3.05) is 6.54 Å². The molecule has 0 aliphatic rings. The molecule has 0 saturated carbocycles. The summed E-state index contributed by atoms with van der Waals surface area (Å²) in [4.78, 5) is 0. The van der Waals surface area contributed by atoms with E-state index in [1.54, 1.807) is 6.92 Å². The van der Waals surface area contributed by atoms with E-state index in [1.165, 1.54) is 24.3 Å². The molecule has 0 radical (unpaired) electrons. The van der Waals surface area contributed by atoms with Gasteiger partial charge in [-0.05, 0) is 30.3 Å². The molecule has 0 amide bonds. The molecule has 6 heteroatoms. The topological polar surface area (TPSA) is 12.0 Å². The summed E-state index contributed by atoms with van der Waals surface area (Å²) in [6.07, 6.45) is 0. The van der Waals surface area contributed by atoms with Gasteiger partial charge in [0.2, 0.25) is 0 Å². The molecular weight excluding hydrogens is 350 g/mol. The zero-order valence-electron chi connectivity index (χ0n) is 11.1. The summed E-state index contributed by atoms with van der Waals surface area (Å²) in [6, 6.07) is 5.25. The maximum absolute atomic E-state index is 14.0. The largest absolute Gasteiger partial charge is 0.306 e. The number of nitrogens with one attached hydrogen (secondary N) is 1. The van der Waals surface area contributed by atoms with Gasteiger partial charge in [-0.3, -0.25) is 0 Å². The van der Waals surface area contributed by atoms with Crippen molar-refractivity contribution in [2.45, 2.75) is 13.0 Å². The van der Waals surface area contributed by atoms with E-state index in [1.807, 2.05) is 0 Å². The van der Waals surface area contributed by atoms with Gasteiger partial charge in [0.25, 0.3) is 0 Å². The normalized spacial score (nSPS) is 12.5. The Kier molecular flexibility index (Phi) is 5.00. The van der Waals surface area contributed by atoms with E-state index >= 15 is 0 Å². The monoisotopic (exact) mass is 361 g/mol. The Hall–Kier alpha value is -1.40. The molecule has 112 valence electrons. The highest BCUT2D eigenvalue weighted by molar-refractivity contribution is 9.10. The van der Waals surface area contributed by atoms with Crippen molar-refractivity contribution < 1.29 is 17.6 Å². The molecule has 0 aliphatic carbocycles. The molecule has 1 unspecified atom stereocenters. The Balaban J connectivity index is 2.56. The van der Waals surface area contributed by atoms with Gasteiger partial charge < -0.3 is 5.32 Å². The van der Waals surface area contributed by atoms with Gasteiger partial charge >= 0.3 is 0 Å². The third-order valence-electron chi connectivity index (χ3n) is 3.06. The second-order valence-corrected chi connectivity index (χ2v) is 5.28. The first-order chi connectivity index (χ1) is 9.95. The molecule has 0 bridgehead atoms. The van der Waals surface area contributed by atoms with Crippen LogP contribution in [0.2, 0.25) is 0 Å². The van der Waals surface area contributed by atoms with Crippen LogP contribution in [0.25, 0.3) is 0 Å². The first kappa shape index (κ1) is 16.0. The average Bonchev–Trinajstić information content (AvgIpc) is 2.44. The summed E-state index contributed by atoms with van der Waals surface area (Å²) in [5, 5.41) is 2.98. The summed E-state index contributed by atoms with van der Waals surface area (Å²) < 4.78 is 54.0. The van der Waals surface area contributed by atoms with Crippen LogP contribution in [0.4, 0.5) is 17.6 Å². The highest BCUT2D eigenvalue weighted by atomic mass is 79.9. The Morgan fingerprint density at radius 2 is 1.67 bits per heavy atom. The van der Waals surface area contributed by atoms with Gasteiger partial charge in [-0.1, -0.05) is 35.0 Å².